The van der Waals surface area contributed by atoms with Gasteiger partial charge in [-0.3, -0.25) is 9.69 Å². The van der Waals surface area contributed by atoms with Gasteiger partial charge in [0.05, 0.1) is 6.61 Å². The van der Waals surface area contributed by atoms with Crippen LogP contribution in [0.5, 0.6) is 0 Å². The van der Waals surface area contributed by atoms with E-state index in [0.717, 1.165) is 4.90 Å². The van der Waals surface area contributed by atoms with Gasteiger partial charge in [-0.25, -0.2) is 9.59 Å². The molecule has 7 heteroatoms. The number of hydrogen-bond acceptors (Lipinski definition) is 4. The molecule has 0 aliphatic carbocycles. The molecule has 0 aromatic heterocycles. The minimum absolute atomic E-state index is 0.148. The number of amides is 4. The summed E-state index contributed by atoms with van der Waals surface area (Å²) in [5, 5.41) is 0. The molecule has 0 radical (unpaired) electrons. The maximum absolute atomic E-state index is 11.8. The quantitative estimate of drug-likeness (QED) is 0.742. The Labute approximate surface area is 126 Å². The standard InChI is InChI=1S/C14H27N3O4/c1-14(2,3)17(7)13(20)21-10-8-9-11(18)16(6)12(19)15(4)5/h8-10H2,1-7H3. The summed E-state index contributed by atoms with van der Waals surface area (Å²) in [5.74, 6) is -0.297. The fourth-order valence-electron chi connectivity index (χ4n) is 1.33. The maximum atomic E-state index is 11.8. The first kappa shape index (κ1) is 19.2. The van der Waals surface area contributed by atoms with E-state index in [1.54, 1.807) is 21.1 Å². The van der Waals surface area contributed by atoms with Crippen molar-refractivity contribution in [2.45, 2.75) is 39.2 Å². The van der Waals surface area contributed by atoms with E-state index < -0.39 is 6.09 Å². The van der Waals surface area contributed by atoms with Crippen molar-refractivity contribution in [2.24, 2.45) is 0 Å². The normalized spacial score (nSPS) is 10.8. The van der Waals surface area contributed by atoms with Crippen molar-refractivity contribution in [1.82, 2.24) is 14.7 Å². The Morgan fingerprint density at radius 2 is 1.52 bits per heavy atom. The van der Waals surface area contributed by atoms with Crippen LogP contribution >= 0.6 is 0 Å². The first-order chi connectivity index (χ1) is 9.48. The Morgan fingerprint density at radius 3 is 1.95 bits per heavy atom. The summed E-state index contributed by atoms with van der Waals surface area (Å²) in [7, 11) is 6.26. The second-order valence-electron chi connectivity index (χ2n) is 6.08. The number of hydrogen-bond donors (Lipinski definition) is 0. The van der Waals surface area contributed by atoms with Gasteiger partial charge >= 0.3 is 12.1 Å². The SMILES string of the molecule is CN(C)C(=O)N(C)C(=O)CCCOC(=O)N(C)C(C)(C)C. The molecule has 0 heterocycles. The molecule has 7 nitrogen and oxygen atoms in total. The van der Waals surface area contributed by atoms with Crippen molar-refractivity contribution in [3.63, 3.8) is 0 Å². The lowest BCUT2D eigenvalue weighted by Gasteiger charge is -2.30. The second-order valence-corrected chi connectivity index (χ2v) is 6.08. The Balaban J connectivity index is 4.09. The molecule has 0 N–H and O–H groups in total. The summed E-state index contributed by atoms with van der Waals surface area (Å²) >= 11 is 0. The Morgan fingerprint density at radius 1 is 1.00 bits per heavy atom. The van der Waals surface area contributed by atoms with Crippen molar-refractivity contribution in [3.8, 4) is 0 Å². The average Bonchev–Trinajstić information content (AvgIpc) is 2.39. The molecule has 0 saturated heterocycles. The first-order valence-electron chi connectivity index (χ1n) is 6.87. The number of imide groups is 1. The van der Waals surface area contributed by atoms with Gasteiger partial charge in [0.2, 0.25) is 5.91 Å². The largest absolute Gasteiger partial charge is 0.449 e. The van der Waals surface area contributed by atoms with Crippen molar-refractivity contribution < 1.29 is 19.1 Å². The second kappa shape index (κ2) is 7.85. The van der Waals surface area contributed by atoms with E-state index in [1.165, 1.54) is 16.8 Å². The number of carbonyl (C=O) groups is 3. The van der Waals surface area contributed by atoms with Crippen LogP contribution in [0, 0.1) is 0 Å². The van der Waals surface area contributed by atoms with Gasteiger partial charge in [-0.1, -0.05) is 0 Å². The van der Waals surface area contributed by atoms with E-state index in [0.29, 0.717) is 6.42 Å². The lowest BCUT2D eigenvalue weighted by Crippen LogP contribution is -2.43. The average molecular weight is 301 g/mol. The molecule has 0 aliphatic heterocycles. The van der Waals surface area contributed by atoms with Gasteiger partial charge in [-0.05, 0) is 27.2 Å². The van der Waals surface area contributed by atoms with Crippen molar-refractivity contribution in [1.29, 1.82) is 0 Å². The highest BCUT2D eigenvalue weighted by atomic mass is 16.6. The fourth-order valence-corrected chi connectivity index (χ4v) is 1.33. The van der Waals surface area contributed by atoms with E-state index in [4.69, 9.17) is 4.74 Å². The number of nitrogens with zero attached hydrogens (tertiary/aromatic N) is 3. The van der Waals surface area contributed by atoms with E-state index in [-0.39, 0.29) is 30.5 Å². The smallest absolute Gasteiger partial charge is 0.409 e. The number of ether oxygens (including phenoxy) is 1. The van der Waals surface area contributed by atoms with Gasteiger partial charge in [0, 0.05) is 40.2 Å². The van der Waals surface area contributed by atoms with Gasteiger partial charge in [-0.2, -0.15) is 0 Å². The molecular formula is C14H27N3O4. The Kier molecular flexibility index (Phi) is 7.18. The van der Waals surface area contributed by atoms with Gasteiger partial charge < -0.3 is 14.5 Å². The van der Waals surface area contributed by atoms with Gasteiger partial charge in [0.15, 0.2) is 0 Å². The molecule has 0 aliphatic rings. The number of carbonyl (C=O) groups excluding carboxylic acids is 3. The summed E-state index contributed by atoms with van der Waals surface area (Å²) in [6, 6.07) is -0.371. The van der Waals surface area contributed by atoms with Crippen LogP contribution in [-0.4, -0.2) is 73.1 Å². The zero-order chi connectivity index (χ0) is 16.8. The predicted octanol–water partition coefficient (Wildman–Crippen LogP) is 1.77. The third-order valence-corrected chi connectivity index (χ3v) is 3.08. The van der Waals surface area contributed by atoms with E-state index in [1.807, 2.05) is 20.8 Å². The summed E-state index contributed by atoms with van der Waals surface area (Å²) in [6.07, 6.45) is 0.114. The van der Waals surface area contributed by atoms with Gasteiger partial charge in [-0.15, -0.1) is 0 Å². The minimum atomic E-state index is -0.423. The highest BCUT2D eigenvalue weighted by Crippen LogP contribution is 2.11. The molecule has 0 atom stereocenters. The van der Waals surface area contributed by atoms with E-state index >= 15 is 0 Å². The monoisotopic (exact) mass is 301 g/mol. The number of rotatable bonds is 4. The van der Waals surface area contributed by atoms with Gasteiger partial charge in [0.1, 0.15) is 0 Å². The molecule has 0 fully saturated rings. The van der Waals surface area contributed by atoms with Crippen molar-refractivity contribution in [3.05, 3.63) is 0 Å². The zero-order valence-electron chi connectivity index (χ0n) is 14.1. The topological polar surface area (TPSA) is 70.2 Å². The zero-order valence-corrected chi connectivity index (χ0v) is 14.1. The minimum Gasteiger partial charge on any atom is -0.449 e. The maximum Gasteiger partial charge on any atom is 0.409 e. The van der Waals surface area contributed by atoms with Crippen LogP contribution in [0.15, 0.2) is 0 Å². The molecule has 0 bridgehead atoms. The van der Waals surface area contributed by atoms with Crippen LogP contribution < -0.4 is 0 Å². The highest BCUT2D eigenvalue weighted by molar-refractivity contribution is 5.93. The summed E-state index contributed by atoms with van der Waals surface area (Å²) in [6.45, 7) is 5.85. The lowest BCUT2D eigenvalue weighted by molar-refractivity contribution is -0.127. The summed E-state index contributed by atoms with van der Waals surface area (Å²) in [5.41, 5.74) is -0.314. The van der Waals surface area contributed by atoms with Crippen LogP contribution in [0.1, 0.15) is 33.6 Å². The molecule has 0 aromatic carbocycles. The fraction of sp³-hybridized carbons (Fsp3) is 0.786. The van der Waals surface area contributed by atoms with E-state index in [9.17, 15) is 14.4 Å². The summed E-state index contributed by atoms with van der Waals surface area (Å²) in [4.78, 5) is 38.9. The van der Waals surface area contributed by atoms with Crippen molar-refractivity contribution >= 4 is 18.0 Å². The molecule has 0 spiro atoms. The molecule has 21 heavy (non-hydrogen) atoms. The third-order valence-electron chi connectivity index (χ3n) is 3.08. The van der Waals surface area contributed by atoms with Crippen LogP contribution in [0.2, 0.25) is 0 Å². The number of urea groups is 1. The van der Waals surface area contributed by atoms with Crippen LogP contribution in [-0.2, 0) is 9.53 Å². The van der Waals surface area contributed by atoms with Crippen LogP contribution in [0.25, 0.3) is 0 Å². The van der Waals surface area contributed by atoms with Crippen molar-refractivity contribution in [2.75, 3.05) is 34.8 Å². The molecule has 122 valence electrons. The predicted molar refractivity (Wildman–Crippen MR) is 80.0 cm³/mol. The Hall–Kier alpha value is -1.79. The van der Waals surface area contributed by atoms with Crippen LogP contribution in [0.4, 0.5) is 9.59 Å². The molecular weight excluding hydrogens is 274 g/mol. The highest BCUT2D eigenvalue weighted by Gasteiger charge is 2.23. The third kappa shape index (κ3) is 6.46. The summed E-state index contributed by atoms with van der Waals surface area (Å²) < 4.78 is 5.09. The first-order valence-corrected chi connectivity index (χ1v) is 6.87. The molecule has 0 saturated carbocycles. The molecule has 0 unspecified atom stereocenters. The molecule has 0 aromatic rings. The Bertz CT molecular complexity index is 388. The van der Waals surface area contributed by atoms with Gasteiger partial charge in [0.25, 0.3) is 0 Å². The lowest BCUT2D eigenvalue weighted by atomic mass is 10.1. The molecule has 0 rings (SSSR count). The van der Waals surface area contributed by atoms with E-state index in [2.05, 4.69) is 0 Å². The molecule has 4 amide bonds. The van der Waals surface area contributed by atoms with Crippen LogP contribution in [0.3, 0.4) is 0 Å².